The van der Waals surface area contributed by atoms with Crippen molar-refractivity contribution >= 4 is 11.9 Å². The predicted octanol–water partition coefficient (Wildman–Crippen LogP) is 2.35. The van der Waals surface area contributed by atoms with Crippen LogP contribution in [0.15, 0.2) is 12.4 Å². The van der Waals surface area contributed by atoms with Gasteiger partial charge >= 0.3 is 5.97 Å². The van der Waals surface area contributed by atoms with Crippen molar-refractivity contribution in [1.82, 2.24) is 9.55 Å². The minimum absolute atomic E-state index is 0.221. The molecular formula is C13H21N3O2. The highest BCUT2D eigenvalue weighted by Crippen LogP contribution is 2.28. The molecule has 2 rings (SSSR count). The maximum Gasteiger partial charge on any atom is 0.326 e. The van der Waals surface area contributed by atoms with Crippen molar-refractivity contribution < 1.29 is 9.90 Å². The second-order valence-corrected chi connectivity index (χ2v) is 4.90. The normalized spacial score (nSPS) is 18.5. The van der Waals surface area contributed by atoms with Crippen molar-refractivity contribution in [3.8, 4) is 0 Å². The summed E-state index contributed by atoms with van der Waals surface area (Å²) in [5, 5.41) is 12.5. The van der Waals surface area contributed by atoms with Gasteiger partial charge in [0.05, 0.1) is 0 Å². The number of imidazole rings is 1. The van der Waals surface area contributed by atoms with E-state index in [9.17, 15) is 9.90 Å². The van der Waals surface area contributed by atoms with Crippen LogP contribution in [0.5, 0.6) is 0 Å². The largest absolute Gasteiger partial charge is 0.480 e. The van der Waals surface area contributed by atoms with Gasteiger partial charge in [0.1, 0.15) is 6.04 Å². The molecule has 5 heteroatoms. The van der Waals surface area contributed by atoms with Crippen molar-refractivity contribution in [2.24, 2.45) is 5.92 Å². The van der Waals surface area contributed by atoms with Crippen molar-refractivity contribution in [3.63, 3.8) is 0 Å². The molecule has 0 saturated heterocycles. The summed E-state index contributed by atoms with van der Waals surface area (Å²) in [4.78, 5) is 15.6. The standard InChI is InChI=1S/C13H21N3O2/c1-2-16-9-8-14-13(16)15-11(12(17)18)10-6-4-3-5-7-10/h8-11H,2-7H2,1H3,(H,14,15)(H,17,18). The van der Waals surface area contributed by atoms with Crippen LogP contribution < -0.4 is 5.32 Å². The molecule has 0 aliphatic heterocycles. The maximum atomic E-state index is 11.4. The zero-order valence-electron chi connectivity index (χ0n) is 10.8. The summed E-state index contributed by atoms with van der Waals surface area (Å²) in [5.41, 5.74) is 0. The summed E-state index contributed by atoms with van der Waals surface area (Å²) >= 11 is 0. The fourth-order valence-electron chi connectivity index (χ4n) is 2.69. The number of anilines is 1. The topological polar surface area (TPSA) is 67.2 Å². The van der Waals surface area contributed by atoms with Crippen LogP contribution in [0.2, 0.25) is 0 Å². The summed E-state index contributed by atoms with van der Waals surface area (Å²) in [6, 6.07) is -0.516. The third-order valence-corrected chi connectivity index (χ3v) is 3.73. The maximum absolute atomic E-state index is 11.4. The van der Waals surface area contributed by atoms with Gasteiger partial charge < -0.3 is 15.0 Å². The molecule has 1 aromatic rings. The third kappa shape index (κ3) is 2.83. The van der Waals surface area contributed by atoms with Crippen molar-refractivity contribution in [2.75, 3.05) is 5.32 Å². The molecule has 0 amide bonds. The number of carboxylic acids is 1. The fraction of sp³-hybridized carbons (Fsp3) is 0.692. The molecule has 0 spiro atoms. The smallest absolute Gasteiger partial charge is 0.326 e. The number of aryl methyl sites for hydroxylation is 1. The van der Waals surface area contributed by atoms with Crippen LogP contribution in [0.4, 0.5) is 5.95 Å². The lowest BCUT2D eigenvalue weighted by atomic mass is 9.84. The quantitative estimate of drug-likeness (QED) is 0.843. The predicted molar refractivity (Wildman–Crippen MR) is 69.5 cm³/mol. The van der Waals surface area contributed by atoms with E-state index in [0.717, 1.165) is 32.2 Å². The minimum atomic E-state index is -0.771. The number of hydrogen-bond acceptors (Lipinski definition) is 3. The van der Waals surface area contributed by atoms with E-state index in [0.29, 0.717) is 5.95 Å². The Morgan fingerprint density at radius 1 is 1.56 bits per heavy atom. The summed E-state index contributed by atoms with van der Waals surface area (Å²) in [6.07, 6.45) is 9.06. The second kappa shape index (κ2) is 5.89. The number of aromatic nitrogens is 2. The monoisotopic (exact) mass is 251 g/mol. The minimum Gasteiger partial charge on any atom is -0.480 e. The highest BCUT2D eigenvalue weighted by molar-refractivity contribution is 5.77. The van der Waals surface area contributed by atoms with Crippen LogP contribution in [-0.2, 0) is 11.3 Å². The Morgan fingerprint density at radius 3 is 2.89 bits per heavy atom. The molecule has 0 radical (unpaired) electrons. The van der Waals surface area contributed by atoms with Crippen LogP contribution in [0.25, 0.3) is 0 Å². The molecule has 1 saturated carbocycles. The van der Waals surface area contributed by atoms with Gasteiger partial charge in [-0.1, -0.05) is 19.3 Å². The number of aliphatic carboxylic acids is 1. The van der Waals surface area contributed by atoms with E-state index in [4.69, 9.17) is 0 Å². The summed E-state index contributed by atoms with van der Waals surface area (Å²) in [6.45, 7) is 2.81. The van der Waals surface area contributed by atoms with E-state index in [1.165, 1.54) is 6.42 Å². The lowest BCUT2D eigenvalue weighted by molar-refractivity contribution is -0.139. The Hall–Kier alpha value is -1.52. The lowest BCUT2D eigenvalue weighted by Crippen LogP contribution is -2.38. The van der Waals surface area contributed by atoms with Crippen LogP contribution in [0.3, 0.4) is 0 Å². The van der Waals surface area contributed by atoms with Gasteiger partial charge in [0.2, 0.25) is 5.95 Å². The van der Waals surface area contributed by atoms with E-state index in [2.05, 4.69) is 10.3 Å². The average Bonchev–Trinajstić information content (AvgIpc) is 2.83. The van der Waals surface area contributed by atoms with Gasteiger partial charge in [-0.3, -0.25) is 0 Å². The number of nitrogens with one attached hydrogen (secondary N) is 1. The molecule has 0 bridgehead atoms. The van der Waals surface area contributed by atoms with Crippen LogP contribution in [-0.4, -0.2) is 26.7 Å². The highest BCUT2D eigenvalue weighted by Gasteiger charge is 2.30. The zero-order chi connectivity index (χ0) is 13.0. The van der Waals surface area contributed by atoms with Crippen molar-refractivity contribution in [1.29, 1.82) is 0 Å². The van der Waals surface area contributed by atoms with E-state index < -0.39 is 12.0 Å². The van der Waals surface area contributed by atoms with Gasteiger partial charge in [-0.05, 0) is 25.7 Å². The first-order valence-electron chi connectivity index (χ1n) is 6.73. The van der Waals surface area contributed by atoms with Crippen molar-refractivity contribution in [3.05, 3.63) is 12.4 Å². The summed E-state index contributed by atoms with van der Waals surface area (Å²) in [5.74, 6) is 0.112. The molecular weight excluding hydrogens is 230 g/mol. The molecule has 2 N–H and O–H groups in total. The Bertz CT molecular complexity index is 397. The molecule has 1 fully saturated rings. The zero-order valence-corrected chi connectivity index (χ0v) is 10.8. The SMILES string of the molecule is CCn1ccnc1NC(C(=O)O)C1CCCCC1. The van der Waals surface area contributed by atoms with Crippen LogP contribution in [0, 0.1) is 5.92 Å². The van der Waals surface area contributed by atoms with Gasteiger partial charge in [-0.2, -0.15) is 0 Å². The van der Waals surface area contributed by atoms with Crippen molar-refractivity contribution in [2.45, 2.75) is 51.6 Å². The number of carboxylic acid groups (broad SMARTS) is 1. The number of nitrogens with zero attached hydrogens (tertiary/aromatic N) is 2. The van der Waals surface area contributed by atoms with Gasteiger partial charge in [-0.15, -0.1) is 0 Å². The lowest BCUT2D eigenvalue weighted by Gasteiger charge is -2.28. The summed E-state index contributed by atoms with van der Waals surface area (Å²) < 4.78 is 1.93. The Kier molecular flexibility index (Phi) is 4.23. The number of rotatable bonds is 5. The van der Waals surface area contributed by atoms with Gasteiger partial charge in [-0.25, -0.2) is 9.78 Å². The van der Waals surface area contributed by atoms with E-state index in [1.54, 1.807) is 6.20 Å². The molecule has 1 aliphatic rings. The molecule has 1 aliphatic carbocycles. The molecule has 100 valence electrons. The highest BCUT2D eigenvalue weighted by atomic mass is 16.4. The van der Waals surface area contributed by atoms with Gasteiger partial charge in [0, 0.05) is 18.9 Å². The Labute approximate surface area is 107 Å². The molecule has 18 heavy (non-hydrogen) atoms. The molecule has 1 atom stereocenters. The first-order chi connectivity index (χ1) is 8.72. The van der Waals surface area contributed by atoms with Gasteiger partial charge in [0.15, 0.2) is 0 Å². The molecule has 1 aromatic heterocycles. The fourth-order valence-corrected chi connectivity index (χ4v) is 2.69. The van der Waals surface area contributed by atoms with E-state index in [-0.39, 0.29) is 5.92 Å². The van der Waals surface area contributed by atoms with E-state index >= 15 is 0 Å². The molecule has 1 heterocycles. The average molecular weight is 251 g/mol. The molecule has 0 aromatic carbocycles. The van der Waals surface area contributed by atoms with Crippen LogP contribution in [0.1, 0.15) is 39.0 Å². The first kappa shape index (κ1) is 12.9. The number of carbonyl (C=O) groups is 1. The third-order valence-electron chi connectivity index (χ3n) is 3.73. The van der Waals surface area contributed by atoms with Crippen LogP contribution >= 0.6 is 0 Å². The Morgan fingerprint density at radius 2 is 2.28 bits per heavy atom. The number of hydrogen-bond donors (Lipinski definition) is 2. The van der Waals surface area contributed by atoms with E-state index in [1.807, 2.05) is 17.7 Å². The second-order valence-electron chi connectivity index (χ2n) is 4.90. The Balaban J connectivity index is 2.08. The molecule has 1 unspecified atom stereocenters. The first-order valence-corrected chi connectivity index (χ1v) is 6.73. The molecule has 5 nitrogen and oxygen atoms in total. The van der Waals surface area contributed by atoms with Gasteiger partial charge in [0.25, 0.3) is 0 Å². The summed E-state index contributed by atoms with van der Waals surface area (Å²) in [7, 11) is 0.